The van der Waals surface area contributed by atoms with Crippen LogP contribution in [0.15, 0.2) is 179 Å². The van der Waals surface area contributed by atoms with Crippen molar-refractivity contribution < 1.29 is 42.5 Å². The lowest BCUT2D eigenvalue weighted by molar-refractivity contribution is 0.126. The third kappa shape index (κ3) is 15.4. The van der Waals surface area contributed by atoms with Crippen molar-refractivity contribution in [3.63, 3.8) is 0 Å². The highest BCUT2D eigenvalue weighted by Crippen LogP contribution is 2.25. The average molecular weight is 1010 g/mol. The van der Waals surface area contributed by atoms with Gasteiger partial charge in [-0.2, -0.15) is 0 Å². The van der Waals surface area contributed by atoms with Gasteiger partial charge >= 0.3 is 12.2 Å². The normalized spacial score (nSPS) is 11.6. The summed E-state index contributed by atoms with van der Waals surface area (Å²) in [5.41, 5.74) is 7.10. The quantitative estimate of drug-likeness (QED) is 0.0622. The first-order valence-corrected chi connectivity index (χ1v) is 24.0. The molecule has 0 fully saturated rings. The zero-order chi connectivity index (χ0) is 48.9. The second kappa shape index (κ2) is 26.2. The molecule has 2 atom stereocenters. The van der Waals surface area contributed by atoms with Crippen LogP contribution in [-0.4, -0.2) is 52.3 Å². The zero-order valence-electron chi connectivity index (χ0n) is 39.0. The van der Waals surface area contributed by atoms with E-state index >= 15 is 0 Å². The summed E-state index contributed by atoms with van der Waals surface area (Å²) in [7, 11) is 0. The van der Waals surface area contributed by atoms with E-state index in [1.807, 2.05) is 159 Å². The van der Waals surface area contributed by atoms with E-state index in [1.165, 1.54) is 0 Å². The fourth-order valence-corrected chi connectivity index (χ4v) is 7.57. The second-order valence-corrected chi connectivity index (χ2v) is 16.6. The molecule has 0 aliphatic carbocycles. The Morgan fingerprint density at radius 3 is 1.43 bits per heavy atom. The van der Waals surface area contributed by atoms with Crippen LogP contribution >= 0.6 is 15.9 Å². The maximum Gasteiger partial charge on any atom is 0.407 e. The van der Waals surface area contributed by atoms with Crippen LogP contribution in [-0.2, 0) is 35.5 Å². The number of aliphatic hydroxyl groups is 1. The summed E-state index contributed by atoms with van der Waals surface area (Å²) < 4.78 is 33.8. The Balaban J connectivity index is 0.000000206. The molecule has 8 aromatic rings. The van der Waals surface area contributed by atoms with Crippen molar-refractivity contribution in [2.24, 2.45) is 0 Å². The smallest absolute Gasteiger partial charge is 0.407 e. The average Bonchev–Trinajstić information content (AvgIpc) is 3.98. The fraction of sp³-hybridized carbons (Fsp3) is 0.214. The number of aryl methyl sites for hydroxylation is 2. The van der Waals surface area contributed by atoms with Gasteiger partial charge in [0.2, 0.25) is 11.8 Å². The lowest BCUT2D eigenvalue weighted by Crippen LogP contribution is -2.30. The molecule has 360 valence electrons. The molecule has 70 heavy (non-hydrogen) atoms. The van der Waals surface area contributed by atoms with Crippen LogP contribution in [0.2, 0.25) is 0 Å². The molecule has 13 nitrogen and oxygen atoms in total. The van der Waals surface area contributed by atoms with Gasteiger partial charge in [0, 0.05) is 29.3 Å². The summed E-state index contributed by atoms with van der Waals surface area (Å²) in [5.74, 6) is 4.24. The Morgan fingerprint density at radius 1 is 0.571 bits per heavy atom. The number of carbonyl (C=O) groups is 2. The minimum atomic E-state index is -0.859. The SMILES string of the molecule is Cc1oc(-c2ccccc2)nc1CCOc1ccc([C@@H](O)CNC(=O)OCc2ccccc2)cc1.Cc1oc(-c2ccccc2)nc1CCOc1ccc([C@H](CBr)NC(=O)OCc2ccccc2)cc1. The number of alkyl carbamates (subject to hydrolysis) is 2. The Labute approximate surface area is 416 Å². The van der Waals surface area contributed by atoms with E-state index < -0.39 is 18.3 Å². The van der Waals surface area contributed by atoms with Crippen LogP contribution in [0.5, 0.6) is 11.5 Å². The number of benzene rings is 6. The van der Waals surface area contributed by atoms with E-state index in [0.717, 1.165) is 56.5 Å². The van der Waals surface area contributed by atoms with Gasteiger partial charge in [0.25, 0.3) is 0 Å². The first-order chi connectivity index (χ1) is 34.2. The number of rotatable bonds is 20. The van der Waals surface area contributed by atoms with Gasteiger partial charge < -0.3 is 43.5 Å². The first-order valence-electron chi connectivity index (χ1n) is 22.9. The molecule has 2 heterocycles. The maximum absolute atomic E-state index is 12.2. The number of halogens is 1. The molecule has 0 radical (unpaired) electrons. The molecule has 8 rings (SSSR count). The fourth-order valence-electron chi connectivity index (χ4n) is 7.03. The third-order valence-corrected chi connectivity index (χ3v) is 11.5. The number of aromatic nitrogens is 2. The number of carbonyl (C=O) groups excluding carboxylic acids is 2. The Kier molecular flexibility index (Phi) is 18.8. The van der Waals surface area contributed by atoms with Crippen molar-refractivity contribution in [1.82, 2.24) is 20.6 Å². The maximum atomic E-state index is 12.2. The molecule has 0 aliphatic heterocycles. The van der Waals surface area contributed by atoms with Gasteiger partial charge in [0.15, 0.2) is 0 Å². The van der Waals surface area contributed by atoms with Crippen molar-refractivity contribution in [3.05, 3.63) is 215 Å². The van der Waals surface area contributed by atoms with Crippen LogP contribution in [0.25, 0.3) is 22.9 Å². The molecule has 2 aromatic heterocycles. The number of alkyl halides is 1. The van der Waals surface area contributed by atoms with Crippen molar-refractivity contribution in [2.75, 3.05) is 25.1 Å². The standard InChI is InChI=1S/C28H27BrN2O4.C28H28N2O5/c1-20-25(30-27(35-20)23-10-6-3-7-11-23)16-17-33-24-14-12-22(13-15-24)26(18-29)31-28(32)34-19-21-8-4-2-5-9-21;1-20-25(30-27(35-20)23-10-6-3-7-11-23)16-17-33-24-14-12-22(13-15-24)26(31)18-29-28(32)34-19-21-8-4-2-5-9-21/h2-15,26H,16-19H2,1H3,(H,31,32);2-15,26,31H,16-19H2,1H3,(H,29,32)/t2*26-/m00/s1. The number of amides is 2. The van der Waals surface area contributed by atoms with Gasteiger partial charge in [-0.15, -0.1) is 0 Å². The lowest BCUT2D eigenvalue weighted by atomic mass is 10.1. The van der Waals surface area contributed by atoms with E-state index in [2.05, 4.69) is 36.5 Å². The summed E-state index contributed by atoms with van der Waals surface area (Å²) >= 11 is 3.47. The minimum absolute atomic E-state index is 0.0447. The van der Waals surface area contributed by atoms with E-state index in [0.29, 0.717) is 54.5 Å². The summed E-state index contributed by atoms with van der Waals surface area (Å²) in [6.45, 7) is 5.19. The molecular weight excluding hydrogens is 953 g/mol. The predicted octanol–water partition coefficient (Wildman–Crippen LogP) is 11.9. The molecule has 0 aliphatic rings. The summed E-state index contributed by atoms with van der Waals surface area (Å²) in [4.78, 5) is 33.3. The van der Waals surface area contributed by atoms with Crippen molar-refractivity contribution in [1.29, 1.82) is 0 Å². The van der Waals surface area contributed by atoms with Crippen molar-refractivity contribution >= 4 is 28.1 Å². The molecule has 0 saturated carbocycles. The van der Waals surface area contributed by atoms with Crippen LogP contribution in [0, 0.1) is 13.8 Å². The van der Waals surface area contributed by atoms with E-state index in [1.54, 1.807) is 24.3 Å². The number of nitrogens with one attached hydrogen (secondary N) is 2. The minimum Gasteiger partial charge on any atom is -0.493 e. The topological polar surface area (TPSA) is 167 Å². The molecule has 3 N–H and O–H groups in total. The number of nitrogens with zero attached hydrogens (tertiary/aromatic N) is 2. The van der Waals surface area contributed by atoms with Gasteiger partial charge in [-0.05, 0) is 84.6 Å². The van der Waals surface area contributed by atoms with E-state index in [-0.39, 0.29) is 25.8 Å². The number of hydrogen-bond donors (Lipinski definition) is 3. The predicted molar refractivity (Wildman–Crippen MR) is 271 cm³/mol. The number of aliphatic hydroxyl groups excluding tert-OH is 1. The largest absolute Gasteiger partial charge is 0.493 e. The molecule has 0 bridgehead atoms. The number of ether oxygens (including phenoxy) is 4. The highest BCUT2D eigenvalue weighted by atomic mass is 79.9. The van der Waals surface area contributed by atoms with Crippen LogP contribution in [0.3, 0.4) is 0 Å². The molecule has 6 aromatic carbocycles. The summed E-state index contributed by atoms with van der Waals surface area (Å²) in [5, 5.41) is 16.4. The van der Waals surface area contributed by atoms with E-state index in [4.69, 9.17) is 27.8 Å². The molecule has 0 spiro atoms. The van der Waals surface area contributed by atoms with Crippen molar-refractivity contribution in [2.45, 2.75) is 52.0 Å². The van der Waals surface area contributed by atoms with Crippen LogP contribution < -0.4 is 20.1 Å². The Hall–Kier alpha value is -7.68. The Morgan fingerprint density at radius 2 is 0.986 bits per heavy atom. The van der Waals surface area contributed by atoms with Gasteiger partial charge in [-0.1, -0.05) is 137 Å². The third-order valence-electron chi connectivity index (χ3n) is 10.9. The van der Waals surface area contributed by atoms with E-state index in [9.17, 15) is 14.7 Å². The second-order valence-electron chi connectivity index (χ2n) is 16.0. The van der Waals surface area contributed by atoms with Crippen molar-refractivity contribution in [3.8, 4) is 34.4 Å². The number of hydrogen-bond acceptors (Lipinski definition) is 11. The highest BCUT2D eigenvalue weighted by Gasteiger charge is 2.17. The molecule has 2 amide bonds. The van der Waals surface area contributed by atoms with Gasteiger partial charge in [0.1, 0.15) is 36.2 Å². The molecule has 0 unspecified atom stereocenters. The molecular formula is C56H55BrN4O9. The zero-order valence-corrected chi connectivity index (χ0v) is 40.5. The molecule has 14 heteroatoms. The summed E-state index contributed by atoms with van der Waals surface area (Å²) in [6.07, 6.45) is -0.643. The van der Waals surface area contributed by atoms with Gasteiger partial charge in [0.05, 0.1) is 43.3 Å². The first kappa shape index (κ1) is 50.2. The van der Waals surface area contributed by atoms with Crippen LogP contribution in [0.1, 0.15) is 57.3 Å². The lowest BCUT2D eigenvalue weighted by Gasteiger charge is -2.17. The Bertz CT molecular complexity index is 2810. The van der Waals surface area contributed by atoms with Gasteiger partial charge in [-0.25, -0.2) is 19.6 Å². The number of oxazole rings is 2. The highest BCUT2D eigenvalue weighted by molar-refractivity contribution is 9.09. The van der Waals surface area contributed by atoms with Crippen LogP contribution in [0.4, 0.5) is 9.59 Å². The molecule has 0 saturated heterocycles. The van der Waals surface area contributed by atoms with Gasteiger partial charge in [-0.3, -0.25) is 0 Å². The monoisotopic (exact) mass is 1010 g/mol. The summed E-state index contributed by atoms with van der Waals surface area (Å²) in [6, 6.07) is 53.2.